The van der Waals surface area contributed by atoms with Gasteiger partial charge in [-0.05, 0) is 24.3 Å². The Kier molecular flexibility index (Phi) is 4.96. The van der Waals surface area contributed by atoms with E-state index in [0.29, 0.717) is 11.2 Å². The second-order valence-electron chi connectivity index (χ2n) is 6.66. The van der Waals surface area contributed by atoms with Crippen molar-refractivity contribution in [3.63, 3.8) is 0 Å². The first-order valence-corrected chi connectivity index (χ1v) is 9.10. The van der Waals surface area contributed by atoms with E-state index in [1.807, 2.05) is 24.3 Å². The van der Waals surface area contributed by atoms with Gasteiger partial charge in [-0.25, -0.2) is 9.78 Å². The molecule has 1 aliphatic rings. The van der Waals surface area contributed by atoms with Gasteiger partial charge in [0, 0.05) is 44.0 Å². The number of rotatable bonds is 2. The number of fused-ring (bicyclic) bond motifs is 1. The fraction of sp³-hybridized carbons (Fsp3) is 0.250. The average Bonchev–Trinajstić information content (AvgIpc) is 2.73. The molecule has 1 saturated heterocycles. The number of hydrogen-bond acceptors (Lipinski definition) is 4. The highest BCUT2D eigenvalue weighted by molar-refractivity contribution is 5.99. The Morgan fingerprint density at radius 2 is 1.62 bits per heavy atom. The number of urea groups is 1. The molecule has 2 aromatic heterocycles. The lowest BCUT2D eigenvalue weighted by Crippen LogP contribution is -2.50. The Morgan fingerprint density at radius 1 is 0.931 bits per heavy atom. The summed E-state index contributed by atoms with van der Waals surface area (Å²) in [6.07, 6.45) is -1.47. The van der Waals surface area contributed by atoms with E-state index < -0.39 is 11.7 Å². The topological polar surface area (TPSA) is 61.4 Å². The summed E-state index contributed by atoms with van der Waals surface area (Å²) >= 11 is 0. The number of pyridine rings is 2. The van der Waals surface area contributed by atoms with E-state index in [2.05, 4.69) is 15.3 Å². The summed E-state index contributed by atoms with van der Waals surface area (Å²) in [5, 5.41) is 3.76. The van der Waals surface area contributed by atoms with Gasteiger partial charge in [0.25, 0.3) is 0 Å². The van der Waals surface area contributed by atoms with Gasteiger partial charge in [-0.3, -0.25) is 4.98 Å². The van der Waals surface area contributed by atoms with Crippen LogP contribution < -0.4 is 10.2 Å². The molecule has 1 N–H and O–H groups in total. The summed E-state index contributed by atoms with van der Waals surface area (Å²) < 4.78 is 39.7. The van der Waals surface area contributed by atoms with Crippen molar-refractivity contribution < 1.29 is 18.0 Å². The maximum atomic E-state index is 13.2. The molecule has 29 heavy (non-hydrogen) atoms. The molecule has 1 aliphatic heterocycles. The summed E-state index contributed by atoms with van der Waals surface area (Å²) in [4.78, 5) is 24.0. The maximum Gasteiger partial charge on any atom is 0.419 e. The fourth-order valence-corrected chi connectivity index (χ4v) is 3.39. The first-order chi connectivity index (χ1) is 13.9. The van der Waals surface area contributed by atoms with Crippen LogP contribution in [-0.4, -0.2) is 47.1 Å². The van der Waals surface area contributed by atoms with Gasteiger partial charge in [0.05, 0.1) is 16.8 Å². The number of hydrogen-bond donors (Lipinski definition) is 1. The van der Waals surface area contributed by atoms with Crippen molar-refractivity contribution in [3.8, 4) is 0 Å². The molecule has 0 saturated carbocycles. The molecule has 6 nitrogen and oxygen atoms in total. The Bertz CT molecular complexity index is 1030. The molecule has 1 aromatic carbocycles. The summed E-state index contributed by atoms with van der Waals surface area (Å²) in [6, 6.07) is 11.2. The number of para-hydroxylation sites is 1. The molecule has 3 heterocycles. The smallest absolute Gasteiger partial charge is 0.353 e. The van der Waals surface area contributed by atoms with Crippen LogP contribution in [0.3, 0.4) is 0 Å². The predicted molar refractivity (Wildman–Crippen MR) is 104 cm³/mol. The van der Waals surface area contributed by atoms with Crippen molar-refractivity contribution in [1.29, 1.82) is 0 Å². The molecule has 2 amide bonds. The normalized spacial score (nSPS) is 14.9. The number of anilines is 2. The summed E-state index contributed by atoms with van der Waals surface area (Å²) in [6.45, 7) is 1.11. The van der Waals surface area contributed by atoms with Crippen LogP contribution in [0.4, 0.5) is 29.5 Å². The zero-order chi connectivity index (χ0) is 20.4. The molecule has 150 valence electrons. The largest absolute Gasteiger partial charge is 0.419 e. The van der Waals surface area contributed by atoms with Crippen LogP contribution in [0, 0.1) is 0 Å². The van der Waals surface area contributed by atoms with E-state index in [0.717, 1.165) is 11.5 Å². The minimum atomic E-state index is -4.47. The number of aromatic nitrogens is 2. The number of carbonyl (C=O) groups excluding carboxylic acids is 1. The van der Waals surface area contributed by atoms with Gasteiger partial charge < -0.3 is 15.1 Å². The van der Waals surface area contributed by atoms with Crippen LogP contribution in [0.5, 0.6) is 0 Å². The second kappa shape index (κ2) is 7.57. The van der Waals surface area contributed by atoms with Crippen molar-refractivity contribution in [3.05, 3.63) is 60.4 Å². The van der Waals surface area contributed by atoms with Gasteiger partial charge in [0.2, 0.25) is 0 Å². The number of alkyl halides is 3. The lowest BCUT2D eigenvalue weighted by atomic mass is 10.2. The molecule has 1 fully saturated rings. The van der Waals surface area contributed by atoms with Crippen molar-refractivity contribution in [2.75, 3.05) is 36.4 Å². The molecule has 0 atom stereocenters. The number of nitrogens with one attached hydrogen (secondary N) is 1. The first kappa shape index (κ1) is 19.0. The Balaban J connectivity index is 1.44. The van der Waals surface area contributed by atoms with E-state index in [1.54, 1.807) is 22.1 Å². The highest BCUT2D eigenvalue weighted by Crippen LogP contribution is 2.35. The molecule has 0 unspecified atom stereocenters. The Labute approximate surface area is 165 Å². The third kappa shape index (κ3) is 3.94. The molecular formula is C20H18F3N5O. The molecule has 0 radical (unpaired) electrons. The Morgan fingerprint density at radius 3 is 2.38 bits per heavy atom. The van der Waals surface area contributed by atoms with Gasteiger partial charge in [-0.2, -0.15) is 13.2 Å². The quantitative estimate of drug-likeness (QED) is 0.705. The van der Waals surface area contributed by atoms with E-state index in [1.165, 1.54) is 12.3 Å². The lowest BCUT2D eigenvalue weighted by Gasteiger charge is -2.36. The molecular weight excluding hydrogens is 383 g/mol. The van der Waals surface area contributed by atoms with Gasteiger partial charge >= 0.3 is 12.2 Å². The monoisotopic (exact) mass is 401 g/mol. The number of halogens is 3. The van der Waals surface area contributed by atoms with Gasteiger partial charge in [0.1, 0.15) is 5.82 Å². The molecule has 0 bridgehead atoms. The van der Waals surface area contributed by atoms with Crippen molar-refractivity contribution in [2.45, 2.75) is 6.18 Å². The highest BCUT2D eigenvalue weighted by atomic mass is 19.4. The fourth-order valence-electron chi connectivity index (χ4n) is 3.39. The van der Waals surface area contributed by atoms with Crippen molar-refractivity contribution in [2.24, 2.45) is 0 Å². The maximum absolute atomic E-state index is 13.2. The van der Waals surface area contributed by atoms with E-state index in [9.17, 15) is 18.0 Å². The standard InChI is InChI=1S/C20H18F3N5O/c21-20(22,23)15-6-3-9-25-18(15)27-10-12-28(13-11-27)19(29)26-16-7-1-4-14-5-2-8-24-17(14)16/h1-9H,10-13H2,(H,26,29). The summed E-state index contributed by atoms with van der Waals surface area (Å²) in [5.41, 5.74) is 0.518. The summed E-state index contributed by atoms with van der Waals surface area (Å²) in [5.74, 6) is -0.0988. The van der Waals surface area contributed by atoms with Crippen molar-refractivity contribution >= 4 is 28.4 Å². The molecule has 9 heteroatoms. The number of nitrogens with zero attached hydrogens (tertiary/aromatic N) is 4. The van der Waals surface area contributed by atoms with Gasteiger partial charge in [-0.15, -0.1) is 0 Å². The summed E-state index contributed by atoms with van der Waals surface area (Å²) in [7, 11) is 0. The third-order valence-corrected chi connectivity index (χ3v) is 4.83. The molecule has 0 aliphatic carbocycles. The van der Waals surface area contributed by atoms with Crippen LogP contribution in [0.15, 0.2) is 54.9 Å². The van der Waals surface area contributed by atoms with E-state index >= 15 is 0 Å². The van der Waals surface area contributed by atoms with Crippen molar-refractivity contribution in [1.82, 2.24) is 14.9 Å². The highest BCUT2D eigenvalue weighted by Gasteiger charge is 2.36. The number of amides is 2. The van der Waals surface area contributed by atoms with Gasteiger partial charge in [-0.1, -0.05) is 18.2 Å². The van der Waals surface area contributed by atoms with Crippen LogP contribution in [0.1, 0.15) is 5.56 Å². The SMILES string of the molecule is O=C(Nc1cccc2cccnc12)N1CCN(c2ncccc2C(F)(F)F)CC1. The Hall–Kier alpha value is -3.36. The third-order valence-electron chi connectivity index (χ3n) is 4.83. The van der Waals surface area contributed by atoms with E-state index in [-0.39, 0.29) is 38.0 Å². The zero-order valence-electron chi connectivity index (χ0n) is 15.4. The minimum absolute atomic E-state index is 0.0988. The first-order valence-electron chi connectivity index (χ1n) is 9.10. The van der Waals surface area contributed by atoms with Crippen LogP contribution in [-0.2, 0) is 6.18 Å². The molecule has 0 spiro atoms. The number of carbonyl (C=O) groups is 1. The predicted octanol–water partition coefficient (Wildman–Crippen LogP) is 4.00. The minimum Gasteiger partial charge on any atom is -0.353 e. The second-order valence-corrected chi connectivity index (χ2v) is 6.66. The van der Waals surface area contributed by atoms with E-state index in [4.69, 9.17) is 0 Å². The van der Waals surface area contributed by atoms with Gasteiger partial charge in [0.15, 0.2) is 0 Å². The van der Waals surface area contributed by atoms with Crippen LogP contribution in [0.25, 0.3) is 10.9 Å². The molecule has 3 aromatic rings. The average molecular weight is 401 g/mol. The molecule has 4 rings (SSSR count). The number of piperazine rings is 1. The number of benzene rings is 1. The van der Waals surface area contributed by atoms with Crippen LogP contribution >= 0.6 is 0 Å². The zero-order valence-corrected chi connectivity index (χ0v) is 15.4. The lowest BCUT2D eigenvalue weighted by molar-refractivity contribution is -0.137. The van der Waals surface area contributed by atoms with Crippen LogP contribution in [0.2, 0.25) is 0 Å².